The summed E-state index contributed by atoms with van der Waals surface area (Å²) >= 11 is 2.42. The first-order valence-corrected chi connectivity index (χ1v) is 10.0. The largest absolute Gasteiger partial charge is 0.493 e. The second-order valence-corrected chi connectivity index (χ2v) is 8.07. The van der Waals surface area contributed by atoms with Gasteiger partial charge < -0.3 is 5.11 Å². The van der Waals surface area contributed by atoms with Crippen LogP contribution in [0.2, 0.25) is 0 Å². The van der Waals surface area contributed by atoms with Crippen LogP contribution in [0.3, 0.4) is 0 Å². The van der Waals surface area contributed by atoms with E-state index in [1.807, 2.05) is 54.6 Å². The Balaban J connectivity index is 1.71. The molecule has 2 aromatic carbocycles. The number of hydrogen-bond acceptors (Lipinski definition) is 6. The van der Waals surface area contributed by atoms with E-state index in [0.717, 1.165) is 32.1 Å². The predicted molar refractivity (Wildman–Crippen MR) is 113 cm³/mol. The minimum absolute atomic E-state index is 0.158. The number of H-pyrrole nitrogens is 1. The number of rotatable bonds is 2. The highest BCUT2D eigenvalue weighted by Gasteiger charge is 2.13. The molecule has 28 heavy (non-hydrogen) atoms. The molecule has 0 saturated carbocycles. The van der Waals surface area contributed by atoms with Gasteiger partial charge in [0, 0.05) is 10.8 Å². The summed E-state index contributed by atoms with van der Waals surface area (Å²) in [4.78, 5) is 27.9. The van der Waals surface area contributed by atoms with Crippen LogP contribution >= 0.6 is 22.7 Å². The molecule has 0 amide bonds. The Morgan fingerprint density at radius 1 is 1.07 bits per heavy atom. The Hall–Kier alpha value is -3.36. The quantitative estimate of drug-likeness (QED) is 0.538. The summed E-state index contributed by atoms with van der Waals surface area (Å²) in [7, 11) is 0. The zero-order valence-corrected chi connectivity index (χ0v) is 15.9. The lowest BCUT2D eigenvalue weighted by atomic mass is 10.1. The van der Waals surface area contributed by atoms with Crippen molar-refractivity contribution in [2.45, 2.75) is 0 Å². The molecule has 0 spiro atoms. The minimum atomic E-state index is -0.317. The lowest BCUT2D eigenvalue weighted by molar-refractivity contribution is 0.455. The summed E-state index contributed by atoms with van der Waals surface area (Å²) in [5, 5.41) is 12.3. The van der Waals surface area contributed by atoms with Gasteiger partial charge >= 0.3 is 4.87 Å². The van der Waals surface area contributed by atoms with Gasteiger partial charge in [-0.15, -0.1) is 0 Å². The van der Waals surface area contributed by atoms with Crippen LogP contribution in [0.4, 0.5) is 5.13 Å². The molecule has 8 heteroatoms. The maximum atomic E-state index is 11.5. The molecular weight excluding hydrogens is 392 g/mol. The SMILES string of the molecule is O=c1[nH]c(O)c(/C=C2\C=c3ccccc3=N\C2=N\c2nc3ccccc3s2)s1. The third-order valence-electron chi connectivity index (χ3n) is 4.16. The van der Waals surface area contributed by atoms with Gasteiger partial charge in [0.2, 0.25) is 11.0 Å². The number of thiazole rings is 2. The normalized spacial score (nSPS) is 16.1. The van der Waals surface area contributed by atoms with Gasteiger partial charge in [-0.05, 0) is 30.4 Å². The molecule has 2 aromatic heterocycles. The maximum Gasteiger partial charge on any atom is 0.307 e. The number of hydrogen-bond donors (Lipinski definition) is 2. The second kappa shape index (κ2) is 6.66. The predicted octanol–water partition coefficient (Wildman–Crippen LogP) is 2.98. The monoisotopic (exact) mass is 404 g/mol. The van der Waals surface area contributed by atoms with Crippen molar-refractivity contribution in [1.29, 1.82) is 0 Å². The molecule has 0 radical (unpaired) electrons. The highest BCUT2D eigenvalue weighted by Crippen LogP contribution is 2.29. The lowest BCUT2D eigenvalue weighted by Gasteiger charge is -2.07. The van der Waals surface area contributed by atoms with Crippen LogP contribution in [0.15, 0.2) is 68.9 Å². The van der Waals surface area contributed by atoms with E-state index < -0.39 is 0 Å². The van der Waals surface area contributed by atoms with Crippen molar-refractivity contribution < 1.29 is 5.11 Å². The fraction of sp³-hybridized carbons (Fsp3) is 0. The smallest absolute Gasteiger partial charge is 0.307 e. The average molecular weight is 404 g/mol. The van der Waals surface area contributed by atoms with Crippen molar-refractivity contribution in [2.24, 2.45) is 9.98 Å². The number of amidine groups is 1. The van der Waals surface area contributed by atoms with E-state index in [9.17, 15) is 9.90 Å². The number of nitrogens with zero attached hydrogens (tertiary/aromatic N) is 3. The molecule has 0 unspecified atom stereocenters. The molecule has 1 aliphatic heterocycles. The molecule has 4 aromatic rings. The van der Waals surface area contributed by atoms with E-state index in [1.165, 1.54) is 11.3 Å². The van der Waals surface area contributed by atoms with Crippen molar-refractivity contribution in [1.82, 2.24) is 9.97 Å². The molecule has 0 atom stereocenters. The highest BCUT2D eigenvalue weighted by molar-refractivity contribution is 7.22. The average Bonchev–Trinajstić information content (AvgIpc) is 3.23. The Labute approximate surface area is 166 Å². The van der Waals surface area contributed by atoms with Gasteiger partial charge in [-0.2, -0.15) is 4.99 Å². The van der Waals surface area contributed by atoms with Crippen LogP contribution in [-0.4, -0.2) is 20.9 Å². The number of para-hydroxylation sites is 2. The molecule has 6 nitrogen and oxygen atoms in total. The van der Waals surface area contributed by atoms with Crippen LogP contribution in [0.25, 0.3) is 22.4 Å². The summed E-state index contributed by atoms with van der Waals surface area (Å²) in [5.41, 5.74) is 1.59. The number of aliphatic imine (C=N–C) groups is 1. The summed E-state index contributed by atoms with van der Waals surface area (Å²) in [6, 6.07) is 15.6. The van der Waals surface area contributed by atoms with E-state index in [0.29, 0.717) is 21.4 Å². The van der Waals surface area contributed by atoms with Gasteiger partial charge in [-0.3, -0.25) is 9.78 Å². The maximum absolute atomic E-state index is 11.5. The molecule has 1 aliphatic rings. The minimum Gasteiger partial charge on any atom is -0.493 e. The van der Waals surface area contributed by atoms with Crippen LogP contribution in [-0.2, 0) is 0 Å². The Morgan fingerprint density at radius 2 is 1.89 bits per heavy atom. The molecular formula is C20H12N4O2S2. The van der Waals surface area contributed by atoms with Crippen LogP contribution in [0.1, 0.15) is 4.88 Å². The van der Waals surface area contributed by atoms with Crippen molar-refractivity contribution in [3.8, 4) is 5.88 Å². The van der Waals surface area contributed by atoms with E-state index in [2.05, 4.69) is 20.0 Å². The van der Waals surface area contributed by atoms with Gasteiger partial charge in [-0.25, -0.2) is 9.98 Å². The third-order valence-corrected chi connectivity index (χ3v) is 5.91. The molecule has 136 valence electrons. The first kappa shape index (κ1) is 16.8. The third kappa shape index (κ3) is 3.08. The summed E-state index contributed by atoms with van der Waals surface area (Å²) in [6.07, 6.45) is 3.65. The number of aromatic amines is 1. The molecule has 0 aliphatic carbocycles. The van der Waals surface area contributed by atoms with E-state index in [-0.39, 0.29) is 10.8 Å². The topological polar surface area (TPSA) is 90.7 Å². The van der Waals surface area contributed by atoms with Crippen LogP contribution in [0, 0.1) is 0 Å². The number of aromatic hydroxyl groups is 1. The zero-order valence-electron chi connectivity index (χ0n) is 14.3. The van der Waals surface area contributed by atoms with Crippen LogP contribution in [0.5, 0.6) is 5.88 Å². The van der Waals surface area contributed by atoms with E-state index >= 15 is 0 Å². The number of benzene rings is 2. The number of aromatic nitrogens is 2. The van der Waals surface area contributed by atoms with Gasteiger partial charge in [0.25, 0.3) is 0 Å². The second-order valence-electron chi connectivity index (χ2n) is 6.04. The van der Waals surface area contributed by atoms with Crippen molar-refractivity contribution >= 4 is 56.0 Å². The fourth-order valence-electron chi connectivity index (χ4n) is 2.89. The van der Waals surface area contributed by atoms with Crippen molar-refractivity contribution in [3.05, 3.63) is 79.2 Å². The molecule has 0 fully saturated rings. The van der Waals surface area contributed by atoms with Gasteiger partial charge in [0.05, 0.1) is 20.5 Å². The first-order valence-electron chi connectivity index (χ1n) is 8.40. The zero-order chi connectivity index (χ0) is 19.1. The van der Waals surface area contributed by atoms with Crippen molar-refractivity contribution in [2.75, 3.05) is 0 Å². The van der Waals surface area contributed by atoms with Gasteiger partial charge in [0.15, 0.2) is 5.84 Å². The molecule has 5 rings (SSSR count). The Kier molecular flexibility index (Phi) is 4.00. The van der Waals surface area contributed by atoms with E-state index in [4.69, 9.17) is 0 Å². The number of fused-ring (bicyclic) bond motifs is 2. The summed E-state index contributed by atoms with van der Waals surface area (Å²) in [6.45, 7) is 0. The fourth-order valence-corrected chi connectivity index (χ4v) is 4.41. The summed E-state index contributed by atoms with van der Waals surface area (Å²) in [5.74, 6) is 0.326. The van der Waals surface area contributed by atoms with Gasteiger partial charge in [0.1, 0.15) is 0 Å². The first-order chi connectivity index (χ1) is 13.7. The molecule has 3 heterocycles. The lowest BCUT2D eigenvalue weighted by Crippen LogP contribution is -2.30. The van der Waals surface area contributed by atoms with Crippen LogP contribution < -0.4 is 15.4 Å². The summed E-state index contributed by atoms with van der Waals surface area (Å²) < 4.78 is 1.05. The van der Waals surface area contributed by atoms with E-state index in [1.54, 1.807) is 6.08 Å². The highest BCUT2D eigenvalue weighted by atomic mass is 32.1. The molecule has 0 saturated heterocycles. The Bertz CT molecular complexity index is 1420. The number of nitrogens with one attached hydrogen (secondary N) is 1. The molecule has 0 bridgehead atoms. The van der Waals surface area contributed by atoms with Crippen molar-refractivity contribution in [3.63, 3.8) is 0 Å². The Morgan fingerprint density at radius 3 is 2.71 bits per heavy atom. The van der Waals surface area contributed by atoms with Gasteiger partial charge in [-0.1, -0.05) is 53.0 Å². The molecule has 2 N–H and O–H groups in total. The standard InChI is InChI=1S/C20H12N4O2S2/c25-18-16(28-20(26)24-18)10-12-9-11-5-1-2-6-13(11)21-17(12)23-19-22-14-7-3-4-8-15(14)27-19/h1-10,25H,(H,24,26)/b12-10+,23-17+.